The molecule has 0 aromatic carbocycles. The molecule has 0 fully saturated rings. The average Bonchev–Trinajstić information content (AvgIpc) is 2.22. The van der Waals surface area contributed by atoms with Crippen LogP contribution in [0.5, 0.6) is 0 Å². The van der Waals surface area contributed by atoms with E-state index in [4.69, 9.17) is 5.11 Å². The van der Waals surface area contributed by atoms with Gasteiger partial charge in [0.1, 0.15) is 0 Å². The Labute approximate surface area is 93.9 Å². The van der Waals surface area contributed by atoms with Crippen LogP contribution in [-0.4, -0.2) is 48.4 Å². The van der Waals surface area contributed by atoms with Crippen LogP contribution in [0.15, 0.2) is 11.1 Å². The summed E-state index contributed by atoms with van der Waals surface area (Å²) >= 11 is 0. The summed E-state index contributed by atoms with van der Waals surface area (Å²) in [5.41, 5.74) is 0.0638. The van der Waals surface area contributed by atoms with E-state index >= 15 is 0 Å². The lowest BCUT2D eigenvalue weighted by molar-refractivity contribution is -0.133. The molecule has 0 rings (SSSR count). The highest BCUT2D eigenvalue weighted by Gasteiger charge is 2.13. The van der Waals surface area contributed by atoms with Gasteiger partial charge in [0.2, 0.25) is 11.8 Å². The van der Waals surface area contributed by atoms with Crippen LogP contribution in [0.25, 0.3) is 0 Å². The fraction of sp³-hybridized carbons (Fsp3) is 0.500. The second-order valence-corrected chi connectivity index (χ2v) is 3.53. The Kier molecular flexibility index (Phi) is 5.21. The summed E-state index contributed by atoms with van der Waals surface area (Å²) in [6.07, 6.45) is 0. The molecule has 0 saturated carbocycles. The highest BCUT2D eigenvalue weighted by molar-refractivity contribution is 6.02. The minimum Gasteiger partial charge on any atom is -0.478 e. The Morgan fingerprint density at radius 2 is 1.62 bits per heavy atom. The van der Waals surface area contributed by atoms with Crippen LogP contribution >= 0.6 is 0 Å². The fourth-order valence-electron chi connectivity index (χ4n) is 0.777. The second-order valence-electron chi connectivity index (χ2n) is 3.53. The molecular weight excluding hydrogens is 212 g/mol. The minimum atomic E-state index is -1.15. The summed E-state index contributed by atoms with van der Waals surface area (Å²) in [5, 5.41) is 11.0. The van der Waals surface area contributed by atoms with Crippen molar-refractivity contribution in [3.63, 3.8) is 0 Å². The summed E-state index contributed by atoms with van der Waals surface area (Å²) in [4.78, 5) is 34.5. The summed E-state index contributed by atoms with van der Waals surface area (Å²) in [6.45, 7) is 2.60. The Bertz CT molecular complexity index is 345. The van der Waals surface area contributed by atoms with Crippen molar-refractivity contribution in [1.82, 2.24) is 10.2 Å². The van der Waals surface area contributed by atoms with Crippen molar-refractivity contribution in [2.24, 2.45) is 0 Å². The number of amides is 2. The largest absolute Gasteiger partial charge is 0.478 e. The summed E-state index contributed by atoms with van der Waals surface area (Å²) in [5.74, 6) is -1.95. The molecule has 90 valence electrons. The number of likely N-dealkylation sites (N-methyl/N-ethyl adjacent to an activating group) is 1. The van der Waals surface area contributed by atoms with E-state index in [0.717, 1.165) is 0 Å². The van der Waals surface area contributed by atoms with E-state index in [1.165, 1.54) is 18.7 Å². The number of aliphatic carboxylic acids is 1. The average molecular weight is 228 g/mol. The molecule has 0 aliphatic carbocycles. The Hall–Kier alpha value is -1.85. The lowest BCUT2D eigenvalue weighted by Gasteiger charge is -2.11. The van der Waals surface area contributed by atoms with Crippen LogP contribution in [-0.2, 0) is 14.4 Å². The Morgan fingerprint density at radius 3 is 2.00 bits per heavy atom. The predicted octanol–water partition coefficient (Wildman–Crippen LogP) is -0.388. The third-order valence-corrected chi connectivity index (χ3v) is 2.12. The topological polar surface area (TPSA) is 86.7 Å². The zero-order chi connectivity index (χ0) is 12.9. The first kappa shape index (κ1) is 14.2. The van der Waals surface area contributed by atoms with Crippen LogP contribution in [0.2, 0.25) is 0 Å². The normalized spacial score (nSPS) is 11.5. The maximum atomic E-state index is 11.4. The van der Waals surface area contributed by atoms with E-state index in [1.54, 1.807) is 14.1 Å². The molecule has 2 amide bonds. The number of carboxylic acid groups (broad SMARTS) is 1. The van der Waals surface area contributed by atoms with Crippen LogP contribution in [0, 0.1) is 0 Å². The summed E-state index contributed by atoms with van der Waals surface area (Å²) in [7, 11) is 3.14. The minimum absolute atomic E-state index is 0.0326. The molecule has 6 heteroatoms. The van der Waals surface area contributed by atoms with E-state index in [1.807, 2.05) is 0 Å². The predicted molar refractivity (Wildman–Crippen MR) is 57.7 cm³/mol. The molecule has 0 atom stereocenters. The fourth-order valence-corrected chi connectivity index (χ4v) is 0.777. The smallest absolute Gasteiger partial charge is 0.331 e. The van der Waals surface area contributed by atoms with E-state index in [-0.39, 0.29) is 23.6 Å². The van der Waals surface area contributed by atoms with E-state index < -0.39 is 11.9 Å². The number of hydrogen-bond acceptors (Lipinski definition) is 3. The van der Waals surface area contributed by atoms with Crippen molar-refractivity contribution in [3.8, 4) is 0 Å². The third kappa shape index (κ3) is 4.12. The van der Waals surface area contributed by atoms with Gasteiger partial charge in [0.05, 0.1) is 6.54 Å². The van der Waals surface area contributed by atoms with Crippen LogP contribution < -0.4 is 5.32 Å². The second kappa shape index (κ2) is 5.89. The maximum Gasteiger partial charge on any atom is 0.331 e. The van der Waals surface area contributed by atoms with Gasteiger partial charge >= 0.3 is 5.97 Å². The monoisotopic (exact) mass is 228 g/mol. The molecule has 0 radical (unpaired) electrons. The quantitative estimate of drug-likeness (QED) is 0.642. The van der Waals surface area contributed by atoms with Crippen LogP contribution in [0.4, 0.5) is 0 Å². The van der Waals surface area contributed by atoms with Gasteiger partial charge in [0.15, 0.2) is 0 Å². The van der Waals surface area contributed by atoms with Gasteiger partial charge in [0, 0.05) is 25.2 Å². The molecule has 16 heavy (non-hydrogen) atoms. The number of rotatable bonds is 4. The van der Waals surface area contributed by atoms with Crippen molar-refractivity contribution < 1.29 is 19.5 Å². The third-order valence-electron chi connectivity index (χ3n) is 2.12. The number of nitrogens with one attached hydrogen (secondary N) is 1. The van der Waals surface area contributed by atoms with Crippen molar-refractivity contribution >= 4 is 17.8 Å². The first-order valence-corrected chi connectivity index (χ1v) is 4.66. The lowest BCUT2D eigenvalue weighted by Crippen LogP contribution is -2.36. The van der Waals surface area contributed by atoms with Gasteiger partial charge in [-0.25, -0.2) is 4.79 Å². The van der Waals surface area contributed by atoms with Crippen molar-refractivity contribution in [2.75, 3.05) is 20.6 Å². The number of hydrogen-bond donors (Lipinski definition) is 2. The summed E-state index contributed by atoms with van der Waals surface area (Å²) in [6, 6.07) is 0. The Morgan fingerprint density at radius 1 is 1.12 bits per heavy atom. The number of carboxylic acids is 1. The number of carbonyl (C=O) groups is 3. The molecule has 0 aliphatic heterocycles. The van der Waals surface area contributed by atoms with Gasteiger partial charge in [-0.05, 0) is 13.8 Å². The van der Waals surface area contributed by atoms with Gasteiger partial charge in [-0.3, -0.25) is 9.59 Å². The lowest BCUT2D eigenvalue weighted by atomic mass is 10.1. The zero-order valence-corrected chi connectivity index (χ0v) is 9.83. The molecule has 0 saturated heterocycles. The van der Waals surface area contributed by atoms with Crippen molar-refractivity contribution in [2.45, 2.75) is 13.8 Å². The molecule has 0 aromatic heterocycles. The SMILES string of the molecule is CC(C(=O)O)=C(C)C(=O)NCC(=O)N(C)C. The molecule has 0 spiro atoms. The van der Waals surface area contributed by atoms with Gasteiger partial charge in [-0.2, -0.15) is 0 Å². The van der Waals surface area contributed by atoms with Crippen LogP contribution in [0.3, 0.4) is 0 Å². The first-order chi connectivity index (χ1) is 7.27. The van der Waals surface area contributed by atoms with Crippen LogP contribution in [0.1, 0.15) is 13.8 Å². The molecule has 2 N–H and O–H groups in total. The molecule has 0 aliphatic rings. The molecule has 0 heterocycles. The Balaban J connectivity index is 4.45. The summed E-state index contributed by atoms with van der Waals surface area (Å²) < 4.78 is 0. The first-order valence-electron chi connectivity index (χ1n) is 4.66. The van der Waals surface area contributed by atoms with Gasteiger partial charge < -0.3 is 15.3 Å². The van der Waals surface area contributed by atoms with Gasteiger partial charge in [0.25, 0.3) is 0 Å². The number of carbonyl (C=O) groups excluding carboxylic acids is 2. The maximum absolute atomic E-state index is 11.4. The molecule has 6 nitrogen and oxygen atoms in total. The van der Waals surface area contributed by atoms with E-state index in [2.05, 4.69) is 5.32 Å². The molecule has 0 bridgehead atoms. The molecular formula is C10H16N2O4. The van der Waals surface area contributed by atoms with E-state index in [0.29, 0.717) is 0 Å². The standard InChI is InChI=1S/C10H16N2O4/c1-6(7(2)10(15)16)9(14)11-5-8(13)12(3)4/h5H2,1-4H3,(H,11,14)(H,15,16). The van der Waals surface area contributed by atoms with E-state index in [9.17, 15) is 14.4 Å². The molecule has 0 aromatic rings. The highest BCUT2D eigenvalue weighted by Crippen LogP contribution is 2.02. The van der Waals surface area contributed by atoms with Crippen molar-refractivity contribution in [1.29, 1.82) is 0 Å². The zero-order valence-electron chi connectivity index (χ0n) is 9.83. The van der Waals surface area contributed by atoms with Gasteiger partial charge in [-0.15, -0.1) is 0 Å². The molecule has 0 unspecified atom stereocenters. The highest BCUT2D eigenvalue weighted by atomic mass is 16.4. The van der Waals surface area contributed by atoms with Crippen molar-refractivity contribution in [3.05, 3.63) is 11.1 Å². The van der Waals surface area contributed by atoms with Gasteiger partial charge in [-0.1, -0.05) is 0 Å². The number of nitrogens with zero attached hydrogens (tertiary/aromatic N) is 1.